The number of esters is 1. The van der Waals surface area contributed by atoms with Gasteiger partial charge in [-0.2, -0.15) is 0 Å². The molecular formula is C31H44N2O6. The fourth-order valence-electron chi connectivity index (χ4n) is 7.38. The Bertz CT molecular complexity index is 1080. The van der Waals surface area contributed by atoms with Crippen molar-refractivity contribution in [3.8, 4) is 0 Å². The maximum atomic E-state index is 14.7. The summed E-state index contributed by atoms with van der Waals surface area (Å²) in [7, 11) is 0. The van der Waals surface area contributed by atoms with Gasteiger partial charge in [0.05, 0.1) is 18.1 Å². The molecular weight excluding hydrogens is 496 g/mol. The number of rotatable bonds is 13. The summed E-state index contributed by atoms with van der Waals surface area (Å²) in [5.74, 6) is -2.28. The number of carbonyl (C=O) groups excluding carboxylic acids is 3. The van der Waals surface area contributed by atoms with Crippen LogP contribution in [-0.4, -0.2) is 71.3 Å². The lowest BCUT2D eigenvalue weighted by Crippen LogP contribution is -2.56. The van der Waals surface area contributed by atoms with Crippen molar-refractivity contribution < 1.29 is 29.0 Å². The van der Waals surface area contributed by atoms with E-state index in [4.69, 9.17) is 14.6 Å². The molecule has 3 aliphatic heterocycles. The monoisotopic (exact) mass is 540 g/mol. The Kier molecular flexibility index (Phi) is 8.86. The maximum absolute atomic E-state index is 14.7. The van der Waals surface area contributed by atoms with Crippen molar-refractivity contribution in [2.45, 2.75) is 89.9 Å². The lowest BCUT2D eigenvalue weighted by atomic mass is 9.65. The standard InChI is InChI=1S/C31H44N2O6/c1-6-18-32(25-21(4)14-13-15-22(25)5)28(36)26-31-17-16-30(7-2,39-31)24(29(37)38-8-3)23(31)27(35)33(26)19-11-9-10-12-20-34/h6,13-15,23-24,26,34H,1,7-12,16-20H2,2-5H3/t23-,24+,26?,30-,31?/m0/s1. The number of amides is 2. The molecule has 0 aliphatic carbocycles. The summed E-state index contributed by atoms with van der Waals surface area (Å²) < 4.78 is 12.3. The van der Waals surface area contributed by atoms with Crippen LogP contribution in [0, 0.1) is 25.7 Å². The van der Waals surface area contributed by atoms with Crippen LogP contribution in [0.1, 0.15) is 69.9 Å². The van der Waals surface area contributed by atoms with Gasteiger partial charge in [-0.25, -0.2) is 0 Å². The van der Waals surface area contributed by atoms with Crippen LogP contribution in [0.2, 0.25) is 0 Å². The lowest BCUT2D eigenvalue weighted by Gasteiger charge is -2.37. The highest BCUT2D eigenvalue weighted by atomic mass is 16.6. The number of ether oxygens (including phenoxy) is 2. The average Bonchev–Trinajstić information content (AvgIpc) is 3.51. The van der Waals surface area contributed by atoms with E-state index in [1.807, 2.05) is 39.0 Å². The van der Waals surface area contributed by atoms with E-state index >= 15 is 0 Å². The van der Waals surface area contributed by atoms with Crippen molar-refractivity contribution in [3.05, 3.63) is 42.0 Å². The molecule has 2 unspecified atom stereocenters. The SMILES string of the molecule is C=CCN(C(=O)C1N(CCCCCCO)C(=O)[C@@H]2[C@H](C(=O)OCC)[C@]3(CC)CCC12O3)c1c(C)cccc1C. The summed E-state index contributed by atoms with van der Waals surface area (Å²) in [6.07, 6.45) is 6.50. The van der Waals surface area contributed by atoms with Crippen molar-refractivity contribution in [1.29, 1.82) is 0 Å². The quantitative estimate of drug-likeness (QED) is 0.230. The zero-order chi connectivity index (χ0) is 28.4. The molecule has 1 N–H and O–H groups in total. The molecule has 3 aliphatic rings. The Morgan fingerprint density at radius 1 is 1.18 bits per heavy atom. The highest BCUT2D eigenvalue weighted by Gasteiger charge is 2.79. The van der Waals surface area contributed by atoms with Gasteiger partial charge in [0, 0.05) is 25.4 Å². The molecule has 5 atom stereocenters. The number of benzene rings is 1. The van der Waals surface area contributed by atoms with Gasteiger partial charge < -0.3 is 24.4 Å². The first-order chi connectivity index (χ1) is 18.7. The van der Waals surface area contributed by atoms with E-state index < -0.39 is 35.0 Å². The van der Waals surface area contributed by atoms with Crippen LogP contribution >= 0.6 is 0 Å². The summed E-state index contributed by atoms with van der Waals surface area (Å²) >= 11 is 0. The van der Waals surface area contributed by atoms with Gasteiger partial charge in [0.25, 0.3) is 5.91 Å². The average molecular weight is 541 g/mol. The Hall–Kier alpha value is -2.71. The number of nitrogens with zero attached hydrogens (tertiary/aromatic N) is 2. The second-order valence-corrected chi connectivity index (χ2v) is 11.2. The number of anilines is 1. The molecule has 1 spiro atoms. The smallest absolute Gasteiger partial charge is 0.312 e. The minimum Gasteiger partial charge on any atom is -0.466 e. The highest BCUT2D eigenvalue weighted by Crippen LogP contribution is 2.64. The number of hydrogen-bond acceptors (Lipinski definition) is 6. The Morgan fingerprint density at radius 2 is 1.87 bits per heavy atom. The number of aryl methyl sites for hydroxylation is 2. The molecule has 4 rings (SSSR count). The second kappa shape index (κ2) is 11.8. The first-order valence-corrected chi connectivity index (χ1v) is 14.5. The number of para-hydroxylation sites is 1. The van der Waals surface area contributed by atoms with Gasteiger partial charge in [-0.05, 0) is 64.0 Å². The first-order valence-electron chi connectivity index (χ1n) is 14.5. The predicted molar refractivity (Wildman–Crippen MR) is 149 cm³/mol. The van der Waals surface area contributed by atoms with Crippen LogP contribution in [0.3, 0.4) is 0 Å². The minimum atomic E-state index is -1.08. The van der Waals surface area contributed by atoms with Crippen LogP contribution in [-0.2, 0) is 23.9 Å². The van der Waals surface area contributed by atoms with Gasteiger partial charge in [0.1, 0.15) is 17.6 Å². The summed E-state index contributed by atoms with van der Waals surface area (Å²) in [4.78, 5) is 45.7. The number of aliphatic hydroxyl groups is 1. The molecule has 2 bridgehead atoms. The summed E-state index contributed by atoms with van der Waals surface area (Å²) in [5, 5.41) is 9.17. The number of unbranched alkanes of at least 4 members (excludes halogenated alkanes) is 3. The van der Waals surface area contributed by atoms with Crippen molar-refractivity contribution in [2.75, 3.05) is 31.2 Å². The summed E-state index contributed by atoms with van der Waals surface area (Å²) in [5.41, 5.74) is 0.857. The molecule has 0 saturated carbocycles. The molecule has 3 heterocycles. The van der Waals surface area contributed by atoms with Crippen LogP contribution in [0.5, 0.6) is 0 Å². The molecule has 1 aromatic rings. The zero-order valence-corrected chi connectivity index (χ0v) is 23.9. The van der Waals surface area contributed by atoms with Crippen molar-refractivity contribution >= 4 is 23.5 Å². The van der Waals surface area contributed by atoms with E-state index in [9.17, 15) is 14.4 Å². The van der Waals surface area contributed by atoms with Gasteiger partial charge in [-0.3, -0.25) is 14.4 Å². The number of carbonyl (C=O) groups is 3. The fourth-order valence-corrected chi connectivity index (χ4v) is 7.38. The maximum Gasteiger partial charge on any atom is 0.312 e. The summed E-state index contributed by atoms with van der Waals surface area (Å²) in [6, 6.07) is 5.08. The second-order valence-electron chi connectivity index (χ2n) is 11.2. The van der Waals surface area contributed by atoms with E-state index in [-0.39, 0.29) is 25.0 Å². The van der Waals surface area contributed by atoms with E-state index in [1.54, 1.807) is 22.8 Å². The third-order valence-corrected chi connectivity index (χ3v) is 9.05. The van der Waals surface area contributed by atoms with Crippen LogP contribution in [0.25, 0.3) is 0 Å². The summed E-state index contributed by atoms with van der Waals surface area (Å²) in [6.45, 7) is 12.7. The van der Waals surface area contributed by atoms with Crippen LogP contribution in [0.15, 0.2) is 30.9 Å². The van der Waals surface area contributed by atoms with Crippen molar-refractivity contribution in [3.63, 3.8) is 0 Å². The highest BCUT2D eigenvalue weighted by molar-refractivity contribution is 6.05. The predicted octanol–water partition coefficient (Wildman–Crippen LogP) is 4.09. The molecule has 0 radical (unpaired) electrons. The molecule has 0 aromatic heterocycles. The Balaban J connectivity index is 1.79. The molecule has 39 heavy (non-hydrogen) atoms. The number of fused-ring (bicyclic) bond motifs is 1. The number of likely N-dealkylation sites (tertiary alicyclic amines) is 1. The van der Waals surface area contributed by atoms with E-state index in [0.29, 0.717) is 45.2 Å². The molecule has 8 nitrogen and oxygen atoms in total. The van der Waals surface area contributed by atoms with Gasteiger partial charge in [0.2, 0.25) is 5.91 Å². The van der Waals surface area contributed by atoms with E-state index in [0.717, 1.165) is 29.7 Å². The van der Waals surface area contributed by atoms with Gasteiger partial charge in [-0.1, -0.05) is 44.0 Å². The molecule has 3 fully saturated rings. The Morgan fingerprint density at radius 3 is 2.49 bits per heavy atom. The molecule has 3 saturated heterocycles. The normalized spacial score (nSPS) is 29.0. The minimum absolute atomic E-state index is 0.134. The van der Waals surface area contributed by atoms with Crippen LogP contribution < -0.4 is 4.90 Å². The lowest BCUT2D eigenvalue weighted by molar-refractivity contribution is -0.160. The largest absolute Gasteiger partial charge is 0.466 e. The Labute approximate surface area is 232 Å². The topological polar surface area (TPSA) is 96.4 Å². The number of hydrogen-bond donors (Lipinski definition) is 1. The van der Waals surface area contributed by atoms with Gasteiger partial charge in [0.15, 0.2) is 0 Å². The van der Waals surface area contributed by atoms with Crippen molar-refractivity contribution in [2.24, 2.45) is 11.8 Å². The van der Waals surface area contributed by atoms with Crippen LogP contribution in [0.4, 0.5) is 5.69 Å². The molecule has 8 heteroatoms. The molecule has 2 amide bonds. The molecule has 214 valence electrons. The molecule has 1 aromatic carbocycles. The van der Waals surface area contributed by atoms with E-state index in [1.165, 1.54) is 0 Å². The van der Waals surface area contributed by atoms with E-state index in [2.05, 4.69) is 6.58 Å². The number of aliphatic hydroxyl groups excluding tert-OH is 1. The van der Waals surface area contributed by atoms with Gasteiger partial charge in [-0.15, -0.1) is 6.58 Å². The third kappa shape index (κ3) is 4.80. The third-order valence-electron chi connectivity index (χ3n) is 9.05. The van der Waals surface area contributed by atoms with Gasteiger partial charge >= 0.3 is 5.97 Å². The zero-order valence-electron chi connectivity index (χ0n) is 23.9. The fraction of sp³-hybridized carbons (Fsp3) is 0.645. The van der Waals surface area contributed by atoms with Crippen molar-refractivity contribution in [1.82, 2.24) is 4.90 Å². The first kappa shape index (κ1) is 29.3.